The summed E-state index contributed by atoms with van der Waals surface area (Å²) in [5, 5.41) is 11.1. The molecule has 0 fully saturated rings. The van der Waals surface area contributed by atoms with Gasteiger partial charge in [-0.25, -0.2) is 9.79 Å². The first-order valence-corrected chi connectivity index (χ1v) is 14.3. The second kappa shape index (κ2) is 12.0. The number of ether oxygens (including phenoxy) is 2. The van der Waals surface area contributed by atoms with Gasteiger partial charge in [0.2, 0.25) is 0 Å². The number of aryl methyl sites for hydroxylation is 1. The van der Waals surface area contributed by atoms with Crippen LogP contribution in [0.2, 0.25) is 0 Å². The van der Waals surface area contributed by atoms with Crippen molar-refractivity contribution in [2.45, 2.75) is 40.2 Å². The predicted molar refractivity (Wildman–Crippen MR) is 158 cm³/mol. The molecule has 1 aliphatic heterocycles. The van der Waals surface area contributed by atoms with E-state index in [1.165, 1.54) is 28.0 Å². The number of rotatable bonds is 9. The number of thiazole rings is 1. The van der Waals surface area contributed by atoms with Crippen molar-refractivity contribution >= 4 is 29.1 Å². The zero-order chi connectivity index (χ0) is 30.0. The second-order valence-corrected chi connectivity index (χ2v) is 10.7. The van der Waals surface area contributed by atoms with Crippen LogP contribution in [0.4, 0.5) is 5.69 Å². The minimum Gasteiger partial charge on any atom is -0.493 e. The zero-order valence-electron chi connectivity index (χ0n) is 23.6. The molecule has 4 aromatic rings. The Labute approximate surface area is 245 Å². The van der Waals surface area contributed by atoms with E-state index in [2.05, 4.69) is 4.99 Å². The first-order valence-electron chi connectivity index (χ1n) is 13.5. The Bertz CT molecular complexity index is 1900. The molecule has 2 aromatic heterocycles. The molecule has 3 heterocycles. The molecule has 0 saturated heterocycles. The van der Waals surface area contributed by atoms with Crippen LogP contribution in [0.5, 0.6) is 5.75 Å². The lowest BCUT2D eigenvalue weighted by Crippen LogP contribution is -2.40. The topological polar surface area (TPSA) is 126 Å². The Morgan fingerprint density at radius 3 is 2.67 bits per heavy atom. The Morgan fingerprint density at radius 1 is 1.17 bits per heavy atom. The van der Waals surface area contributed by atoms with Crippen LogP contribution in [0.3, 0.4) is 0 Å². The molecular formula is C31H29N3O7S. The largest absolute Gasteiger partial charge is 0.493 e. The summed E-state index contributed by atoms with van der Waals surface area (Å²) >= 11 is 1.19. The van der Waals surface area contributed by atoms with Gasteiger partial charge >= 0.3 is 5.97 Å². The van der Waals surface area contributed by atoms with Crippen molar-refractivity contribution in [2.24, 2.45) is 4.99 Å². The molecule has 10 nitrogen and oxygen atoms in total. The molecule has 1 aliphatic rings. The summed E-state index contributed by atoms with van der Waals surface area (Å²) in [5.74, 6) is 0.973. The second-order valence-electron chi connectivity index (χ2n) is 9.65. The van der Waals surface area contributed by atoms with E-state index in [4.69, 9.17) is 13.9 Å². The lowest BCUT2D eigenvalue weighted by Gasteiger charge is -2.26. The maximum absolute atomic E-state index is 14.0. The molecule has 0 N–H and O–H groups in total. The standard InChI is InChI=1S/C31H29N3O7S/c1-5-15-40-24-10-8-7-9-23(24)28-27(30(36)39-6-2)19(4)32-31-33(28)29(35)26(42-31)17-21-12-14-25(41-21)22-13-11-20(34(37)38)16-18(22)3/h7-14,16-17,28H,5-6,15H2,1-4H3/b26-17+/t28-/m0/s1. The van der Waals surface area contributed by atoms with Gasteiger partial charge < -0.3 is 13.9 Å². The molecule has 42 heavy (non-hydrogen) atoms. The fourth-order valence-corrected chi connectivity index (χ4v) is 5.90. The van der Waals surface area contributed by atoms with E-state index in [0.717, 1.165) is 6.42 Å². The van der Waals surface area contributed by atoms with E-state index in [0.29, 0.717) is 55.6 Å². The quantitative estimate of drug-likeness (QED) is 0.152. The van der Waals surface area contributed by atoms with Crippen LogP contribution >= 0.6 is 11.3 Å². The number of benzene rings is 2. The minimum absolute atomic E-state index is 0.00200. The number of nitro benzene ring substituents is 1. The normalized spacial score (nSPS) is 14.9. The Hall–Kier alpha value is -4.77. The van der Waals surface area contributed by atoms with Crippen molar-refractivity contribution in [2.75, 3.05) is 13.2 Å². The van der Waals surface area contributed by atoms with Gasteiger partial charge in [0.15, 0.2) is 4.80 Å². The number of carbonyl (C=O) groups is 1. The van der Waals surface area contributed by atoms with E-state index in [-0.39, 0.29) is 23.4 Å². The summed E-state index contributed by atoms with van der Waals surface area (Å²) < 4.78 is 19.3. The molecule has 1 atom stereocenters. The van der Waals surface area contributed by atoms with Crippen molar-refractivity contribution in [3.05, 3.63) is 113 Å². The summed E-state index contributed by atoms with van der Waals surface area (Å²) in [4.78, 5) is 42.9. The molecule has 0 spiro atoms. The van der Waals surface area contributed by atoms with Crippen molar-refractivity contribution < 1.29 is 23.6 Å². The molecule has 0 bridgehead atoms. The van der Waals surface area contributed by atoms with Crippen molar-refractivity contribution in [1.82, 2.24) is 4.57 Å². The Morgan fingerprint density at radius 2 is 1.95 bits per heavy atom. The number of fused-ring (bicyclic) bond motifs is 1. The number of allylic oxidation sites excluding steroid dienone is 1. The number of esters is 1. The molecule has 0 saturated carbocycles. The van der Waals surface area contributed by atoms with Gasteiger partial charge in [0.25, 0.3) is 11.2 Å². The maximum atomic E-state index is 14.0. The number of hydrogen-bond acceptors (Lipinski definition) is 9. The third-order valence-corrected chi connectivity index (χ3v) is 7.76. The van der Waals surface area contributed by atoms with Crippen molar-refractivity contribution in [1.29, 1.82) is 0 Å². The SMILES string of the molecule is CCCOc1ccccc1[C@H]1C(C(=O)OCC)=C(C)N=c2s/c(=C/c3ccc(-c4ccc([N+](=O)[O-])cc4C)o3)c(=O)n21. The van der Waals surface area contributed by atoms with Crippen LogP contribution in [0.15, 0.2) is 80.1 Å². The third kappa shape index (κ3) is 5.42. The van der Waals surface area contributed by atoms with Crippen LogP contribution in [-0.4, -0.2) is 28.7 Å². The summed E-state index contributed by atoms with van der Waals surface area (Å²) in [6, 6.07) is 14.6. The third-order valence-electron chi connectivity index (χ3n) is 6.78. The number of non-ortho nitro benzene ring substituents is 1. The number of nitrogens with zero attached hydrogens (tertiary/aromatic N) is 3. The highest BCUT2D eigenvalue weighted by molar-refractivity contribution is 7.07. The number of aromatic nitrogens is 1. The zero-order valence-corrected chi connectivity index (χ0v) is 24.4. The smallest absolute Gasteiger partial charge is 0.338 e. The summed E-state index contributed by atoms with van der Waals surface area (Å²) in [6.07, 6.45) is 2.43. The average Bonchev–Trinajstić information content (AvgIpc) is 3.55. The van der Waals surface area contributed by atoms with E-state index in [1.54, 1.807) is 45.0 Å². The highest BCUT2D eigenvalue weighted by Gasteiger charge is 2.35. The van der Waals surface area contributed by atoms with Gasteiger partial charge in [-0.15, -0.1) is 0 Å². The van der Waals surface area contributed by atoms with E-state index in [1.807, 2.05) is 31.2 Å². The van der Waals surface area contributed by atoms with Gasteiger partial charge in [-0.05, 0) is 57.0 Å². The van der Waals surface area contributed by atoms with Gasteiger partial charge in [-0.2, -0.15) is 0 Å². The predicted octanol–water partition coefficient (Wildman–Crippen LogP) is 5.06. The average molecular weight is 588 g/mol. The van der Waals surface area contributed by atoms with Crippen LogP contribution < -0.4 is 19.6 Å². The lowest BCUT2D eigenvalue weighted by molar-refractivity contribution is -0.384. The Kier molecular flexibility index (Phi) is 8.21. The fraction of sp³-hybridized carbons (Fsp3) is 0.258. The van der Waals surface area contributed by atoms with Gasteiger partial charge in [0.05, 0.1) is 33.9 Å². The van der Waals surface area contributed by atoms with Gasteiger partial charge in [0, 0.05) is 29.3 Å². The summed E-state index contributed by atoms with van der Waals surface area (Å²) in [7, 11) is 0. The van der Waals surface area contributed by atoms with Crippen LogP contribution in [0, 0.1) is 17.0 Å². The fourth-order valence-electron chi connectivity index (χ4n) is 4.88. The summed E-state index contributed by atoms with van der Waals surface area (Å²) in [6.45, 7) is 7.89. The van der Waals surface area contributed by atoms with E-state index >= 15 is 0 Å². The Balaban J connectivity index is 1.63. The highest BCUT2D eigenvalue weighted by atomic mass is 32.1. The maximum Gasteiger partial charge on any atom is 0.338 e. The molecule has 216 valence electrons. The number of furan rings is 1. The molecule has 2 aromatic carbocycles. The van der Waals surface area contributed by atoms with E-state index < -0.39 is 16.9 Å². The van der Waals surface area contributed by atoms with Gasteiger partial charge in [-0.1, -0.05) is 36.5 Å². The van der Waals surface area contributed by atoms with Gasteiger partial charge in [0.1, 0.15) is 23.3 Å². The monoisotopic (exact) mass is 587 g/mol. The lowest BCUT2D eigenvalue weighted by atomic mass is 9.95. The van der Waals surface area contributed by atoms with Gasteiger partial charge in [-0.3, -0.25) is 19.5 Å². The number of hydrogen-bond donors (Lipinski definition) is 0. The number of carbonyl (C=O) groups excluding carboxylic acids is 1. The van der Waals surface area contributed by atoms with E-state index in [9.17, 15) is 19.7 Å². The molecule has 0 amide bonds. The first kappa shape index (κ1) is 28.7. The van der Waals surface area contributed by atoms with Crippen LogP contribution in [-0.2, 0) is 9.53 Å². The molecule has 0 unspecified atom stereocenters. The molecule has 0 radical (unpaired) electrons. The van der Waals surface area contributed by atoms with Crippen LogP contribution in [0.1, 0.15) is 50.1 Å². The molecule has 5 rings (SSSR count). The van der Waals surface area contributed by atoms with Crippen LogP contribution in [0.25, 0.3) is 17.4 Å². The number of nitro groups is 1. The highest BCUT2D eigenvalue weighted by Crippen LogP contribution is 2.36. The number of para-hydroxylation sites is 1. The summed E-state index contributed by atoms with van der Waals surface area (Å²) in [5.41, 5.74) is 2.45. The minimum atomic E-state index is -0.801. The van der Waals surface area contributed by atoms with Crippen molar-refractivity contribution in [3.63, 3.8) is 0 Å². The first-order chi connectivity index (χ1) is 20.2. The molecular weight excluding hydrogens is 558 g/mol. The van der Waals surface area contributed by atoms with Crippen molar-refractivity contribution in [3.8, 4) is 17.1 Å². The molecule has 0 aliphatic carbocycles. The molecule has 11 heteroatoms.